The Hall–Kier alpha value is -3.26. The SMILES string of the molecule is Cc1nn(C)c(C)c1C1CCCN1Cc1nc2c(cnn2-c2ccccc2)c(=O)[nH]1. The largest absolute Gasteiger partial charge is 0.309 e. The third-order valence-electron chi connectivity index (χ3n) is 6.10. The average molecular weight is 403 g/mol. The number of hydrogen-bond acceptors (Lipinski definition) is 5. The van der Waals surface area contributed by atoms with Crippen LogP contribution in [0.5, 0.6) is 0 Å². The van der Waals surface area contributed by atoms with Crippen molar-refractivity contribution in [3.63, 3.8) is 0 Å². The molecule has 0 bridgehead atoms. The van der Waals surface area contributed by atoms with E-state index >= 15 is 0 Å². The van der Waals surface area contributed by atoms with Crippen LogP contribution in [-0.2, 0) is 13.6 Å². The van der Waals surface area contributed by atoms with Crippen molar-refractivity contribution >= 4 is 11.0 Å². The molecule has 8 heteroatoms. The van der Waals surface area contributed by atoms with Gasteiger partial charge >= 0.3 is 0 Å². The number of H-pyrrole nitrogens is 1. The summed E-state index contributed by atoms with van der Waals surface area (Å²) in [6.07, 6.45) is 3.79. The van der Waals surface area contributed by atoms with Crippen LogP contribution in [0.1, 0.15) is 41.7 Å². The van der Waals surface area contributed by atoms with Gasteiger partial charge in [-0.25, -0.2) is 9.67 Å². The highest BCUT2D eigenvalue weighted by atomic mass is 16.1. The molecule has 154 valence electrons. The number of para-hydroxylation sites is 1. The van der Waals surface area contributed by atoms with Crippen LogP contribution < -0.4 is 5.56 Å². The Morgan fingerprint density at radius 2 is 2.00 bits per heavy atom. The van der Waals surface area contributed by atoms with Crippen molar-refractivity contribution in [1.82, 2.24) is 34.4 Å². The van der Waals surface area contributed by atoms with E-state index in [0.717, 1.165) is 30.8 Å². The van der Waals surface area contributed by atoms with E-state index in [1.807, 2.05) is 42.1 Å². The molecule has 0 aliphatic carbocycles. The molecule has 1 N–H and O–H groups in total. The third-order valence-corrected chi connectivity index (χ3v) is 6.10. The number of aromatic amines is 1. The molecule has 4 aromatic rings. The lowest BCUT2D eigenvalue weighted by Gasteiger charge is -2.24. The van der Waals surface area contributed by atoms with Gasteiger partial charge in [0, 0.05) is 24.3 Å². The van der Waals surface area contributed by atoms with Crippen LogP contribution in [0.15, 0.2) is 41.3 Å². The first-order valence-electron chi connectivity index (χ1n) is 10.3. The first-order valence-corrected chi connectivity index (χ1v) is 10.3. The molecule has 1 atom stereocenters. The van der Waals surface area contributed by atoms with Crippen LogP contribution in [-0.4, -0.2) is 41.0 Å². The molecular formula is C22H25N7O. The Morgan fingerprint density at radius 1 is 1.20 bits per heavy atom. The van der Waals surface area contributed by atoms with Crippen molar-refractivity contribution in [3.05, 3.63) is 69.7 Å². The first kappa shape index (κ1) is 18.7. The van der Waals surface area contributed by atoms with Crippen LogP contribution in [0.25, 0.3) is 16.7 Å². The van der Waals surface area contributed by atoms with Crippen molar-refractivity contribution in [2.45, 2.75) is 39.3 Å². The zero-order valence-corrected chi connectivity index (χ0v) is 17.5. The molecule has 3 aromatic heterocycles. The summed E-state index contributed by atoms with van der Waals surface area (Å²) in [5.74, 6) is 0.663. The number of fused-ring (bicyclic) bond motifs is 1. The van der Waals surface area contributed by atoms with Gasteiger partial charge in [0.05, 0.1) is 24.1 Å². The molecule has 1 aliphatic rings. The maximum Gasteiger partial charge on any atom is 0.262 e. The van der Waals surface area contributed by atoms with Gasteiger partial charge < -0.3 is 4.98 Å². The smallest absolute Gasteiger partial charge is 0.262 e. The summed E-state index contributed by atoms with van der Waals surface area (Å²) in [4.78, 5) is 22.9. The molecule has 0 radical (unpaired) electrons. The second-order valence-corrected chi connectivity index (χ2v) is 7.98. The molecule has 1 aliphatic heterocycles. The molecule has 30 heavy (non-hydrogen) atoms. The van der Waals surface area contributed by atoms with E-state index in [1.165, 1.54) is 11.3 Å². The Balaban J connectivity index is 1.51. The van der Waals surface area contributed by atoms with E-state index in [9.17, 15) is 4.79 Å². The monoisotopic (exact) mass is 403 g/mol. The second-order valence-electron chi connectivity index (χ2n) is 7.98. The van der Waals surface area contributed by atoms with Gasteiger partial charge in [-0.05, 0) is 45.4 Å². The molecule has 0 saturated carbocycles. The number of likely N-dealkylation sites (tertiary alicyclic amines) is 1. The predicted octanol–water partition coefficient (Wildman–Crippen LogP) is 2.80. The fourth-order valence-corrected chi connectivity index (χ4v) is 4.60. The fraction of sp³-hybridized carbons (Fsp3) is 0.364. The van der Waals surface area contributed by atoms with Gasteiger partial charge in [-0.1, -0.05) is 18.2 Å². The van der Waals surface area contributed by atoms with Crippen LogP contribution in [0.2, 0.25) is 0 Å². The summed E-state index contributed by atoms with van der Waals surface area (Å²) in [5.41, 5.74) is 4.89. The van der Waals surface area contributed by atoms with Crippen LogP contribution in [0.4, 0.5) is 0 Å². The molecule has 4 heterocycles. The van der Waals surface area contributed by atoms with Crippen LogP contribution >= 0.6 is 0 Å². The molecule has 0 amide bonds. The minimum atomic E-state index is -0.151. The van der Waals surface area contributed by atoms with Crippen LogP contribution in [0, 0.1) is 13.8 Å². The third kappa shape index (κ3) is 3.04. The average Bonchev–Trinajstić information content (AvgIpc) is 3.42. The van der Waals surface area contributed by atoms with E-state index in [-0.39, 0.29) is 5.56 Å². The summed E-state index contributed by atoms with van der Waals surface area (Å²) < 4.78 is 3.68. The van der Waals surface area contributed by atoms with Gasteiger partial charge in [0.15, 0.2) is 5.65 Å². The van der Waals surface area contributed by atoms with Crippen molar-refractivity contribution in [3.8, 4) is 5.69 Å². The van der Waals surface area contributed by atoms with Gasteiger partial charge in [-0.3, -0.25) is 14.4 Å². The minimum Gasteiger partial charge on any atom is -0.309 e. The topological polar surface area (TPSA) is 84.6 Å². The summed E-state index contributed by atoms with van der Waals surface area (Å²) in [6.45, 7) is 5.75. The van der Waals surface area contributed by atoms with Crippen molar-refractivity contribution in [2.75, 3.05) is 6.54 Å². The Bertz CT molecular complexity index is 1270. The lowest BCUT2D eigenvalue weighted by Crippen LogP contribution is -2.26. The number of rotatable bonds is 4. The molecule has 1 saturated heterocycles. The maximum atomic E-state index is 12.7. The van der Waals surface area contributed by atoms with Gasteiger partial charge in [0.25, 0.3) is 5.56 Å². The fourth-order valence-electron chi connectivity index (χ4n) is 4.60. The zero-order chi connectivity index (χ0) is 20.8. The van der Waals surface area contributed by atoms with Gasteiger partial charge in [-0.2, -0.15) is 10.2 Å². The molecule has 1 aromatic carbocycles. The van der Waals surface area contributed by atoms with E-state index in [2.05, 4.69) is 33.9 Å². The first-order chi connectivity index (χ1) is 14.5. The summed E-state index contributed by atoms with van der Waals surface area (Å²) in [7, 11) is 1.99. The van der Waals surface area contributed by atoms with Crippen LogP contribution in [0.3, 0.4) is 0 Å². The van der Waals surface area contributed by atoms with Gasteiger partial charge in [0.1, 0.15) is 11.2 Å². The number of hydrogen-bond donors (Lipinski definition) is 1. The molecular weight excluding hydrogens is 378 g/mol. The van der Waals surface area contributed by atoms with E-state index in [1.54, 1.807) is 10.9 Å². The molecule has 8 nitrogen and oxygen atoms in total. The van der Waals surface area contributed by atoms with Crippen molar-refractivity contribution in [1.29, 1.82) is 0 Å². The van der Waals surface area contributed by atoms with E-state index < -0.39 is 0 Å². The summed E-state index contributed by atoms with van der Waals surface area (Å²) in [6, 6.07) is 10.1. The molecule has 5 rings (SSSR count). The normalized spacial score (nSPS) is 17.2. The molecule has 1 fully saturated rings. The number of aryl methyl sites for hydroxylation is 2. The van der Waals surface area contributed by atoms with Gasteiger partial charge in [-0.15, -0.1) is 0 Å². The van der Waals surface area contributed by atoms with Gasteiger partial charge in [0.2, 0.25) is 0 Å². The van der Waals surface area contributed by atoms with Crippen molar-refractivity contribution in [2.24, 2.45) is 7.05 Å². The zero-order valence-electron chi connectivity index (χ0n) is 17.5. The number of benzene rings is 1. The lowest BCUT2D eigenvalue weighted by atomic mass is 10.0. The highest BCUT2D eigenvalue weighted by Crippen LogP contribution is 2.36. The Morgan fingerprint density at radius 3 is 2.73 bits per heavy atom. The maximum absolute atomic E-state index is 12.7. The molecule has 0 spiro atoms. The highest BCUT2D eigenvalue weighted by molar-refractivity contribution is 5.75. The minimum absolute atomic E-state index is 0.151. The number of aromatic nitrogens is 6. The lowest BCUT2D eigenvalue weighted by molar-refractivity contribution is 0.241. The number of nitrogens with one attached hydrogen (secondary N) is 1. The standard InChI is InChI=1S/C22H25N7O/c1-14-20(15(2)27(3)26-14)18-10-7-11-28(18)13-19-24-21-17(22(30)25-19)12-23-29(21)16-8-5-4-6-9-16/h4-6,8-9,12,18H,7,10-11,13H2,1-3H3,(H,24,25,30). The van der Waals surface area contributed by atoms with E-state index in [0.29, 0.717) is 29.4 Å². The number of nitrogens with zero attached hydrogens (tertiary/aromatic N) is 6. The van der Waals surface area contributed by atoms with E-state index in [4.69, 9.17) is 4.98 Å². The summed E-state index contributed by atoms with van der Waals surface area (Å²) in [5, 5.41) is 9.49. The second kappa shape index (κ2) is 7.21. The van der Waals surface area contributed by atoms with Crippen molar-refractivity contribution < 1.29 is 0 Å². The predicted molar refractivity (Wildman–Crippen MR) is 115 cm³/mol. The Kier molecular flexibility index (Phi) is 4.51. The highest BCUT2D eigenvalue weighted by Gasteiger charge is 2.31. The quantitative estimate of drug-likeness (QED) is 0.566. The molecule has 1 unspecified atom stereocenters. The summed E-state index contributed by atoms with van der Waals surface area (Å²) >= 11 is 0. The Labute approximate surface area is 174 Å².